The Bertz CT molecular complexity index is 679. The number of guanidine groups is 1. The molecule has 1 N–H and O–H groups in total. The third-order valence-electron chi connectivity index (χ3n) is 6.88. The molecule has 6 heteroatoms. The lowest BCUT2D eigenvalue weighted by molar-refractivity contribution is 0.0767. The average Bonchev–Trinajstić information content (AvgIpc) is 3.38. The van der Waals surface area contributed by atoms with E-state index in [1.54, 1.807) is 0 Å². The predicted molar refractivity (Wildman–Crippen MR) is 119 cm³/mol. The van der Waals surface area contributed by atoms with Crippen LogP contribution in [0.4, 0.5) is 0 Å². The van der Waals surface area contributed by atoms with Crippen molar-refractivity contribution < 1.29 is 4.74 Å². The Morgan fingerprint density at radius 3 is 2.56 bits per heavy atom. The molecule has 2 bridgehead atoms. The number of ether oxygens (including phenoxy) is 1. The quantitative estimate of drug-likeness (QED) is 0.408. The van der Waals surface area contributed by atoms with E-state index in [1.807, 2.05) is 7.05 Å². The molecule has 4 heterocycles. The van der Waals surface area contributed by atoms with Crippen molar-refractivity contribution in [3.63, 3.8) is 0 Å². The summed E-state index contributed by atoms with van der Waals surface area (Å²) in [6, 6.07) is 8.85. The summed E-state index contributed by atoms with van der Waals surface area (Å²) >= 11 is 0. The van der Waals surface area contributed by atoms with Crippen LogP contribution in [-0.2, 0) is 17.7 Å². The van der Waals surface area contributed by atoms with Gasteiger partial charge in [-0.05, 0) is 30.4 Å². The van der Waals surface area contributed by atoms with E-state index in [0.29, 0.717) is 12.2 Å². The SMILES string of the molecule is CN=C(NCCN1CCc2ccccc2C1)N1CC2C3CCC(O3)C2C1.I. The summed E-state index contributed by atoms with van der Waals surface area (Å²) in [5.41, 5.74) is 3.01. The number of aliphatic imine (C=N–C) groups is 1. The molecule has 0 aliphatic carbocycles. The van der Waals surface area contributed by atoms with Crippen molar-refractivity contribution in [1.29, 1.82) is 0 Å². The second kappa shape index (κ2) is 8.25. The van der Waals surface area contributed by atoms with Gasteiger partial charge in [-0.25, -0.2) is 0 Å². The molecule has 1 aromatic carbocycles. The van der Waals surface area contributed by atoms with E-state index < -0.39 is 0 Å². The van der Waals surface area contributed by atoms with Gasteiger partial charge in [0.2, 0.25) is 0 Å². The second-order valence-corrected chi connectivity index (χ2v) is 8.29. The number of likely N-dealkylation sites (tertiary alicyclic amines) is 1. The summed E-state index contributed by atoms with van der Waals surface area (Å²) in [5, 5.41) is 3.62. The number of rotatable bonds is 3. The summed E-state index contributed by atoms with van der Waals surface area (Å²) in [4.78, 5) is 9.58. The fourth-order valence-corrected chi connectivity index (χ4v) is 5.54. The molecule has 5 nitrogen and oxygen atoms in total. The van der Waals surface area contributed by atoms with E-state index in [1.165, 1.54) is 30.4 Å². The molecule has 5 rings (SSSR count). The van der Waals surface area contributed by atoms with E-state index >= 15 is 0 Å². The van der Waals surface area contributed by atoms with Crippen molar-refractivity contribution in [1.82, 2.24) is 15.1 Å². The Morgan fingerprint density at radius 2 is 1.85 bits per heavy atom. The smallest absolute Gasteiger partial charge is 0.193 e. The molecule has 0 radical (unpaired) electrons. The third kappa shape index (κ3) is 3.72. The highest BCUT2D eigenvalue weighted by atomic mass is 127. The van der Waals surface area contributed by atoms with E-state index in [-0.39, 0.29) is 24.0 Å². The first-order valence-corrected chi connectivity index (χ1v) is 10.2. The van der Waals surface area contributed by atoms with Crippen molar-refractivity contribution in [2.75, 3.05) is 39.8 Å². The van der Waals surface area contributed by atoms with Gasteiger partial charge in [0.25, 0.3) is 0 Å². The number of nitrogens with one attached hydrogen (secondary N) is 1. The maximum atomic E-state index is 6.10. The van der Waals surface area contributed by atoms with Crippen molar-refractivity contribution in [2.24, 2.45) is 16.8 Å². The molecule has 4 aliphatic rings. The van der Waals surface area contributed by atoms with Gasteiger partial charge in [0.05, 0.1) is 12.2 Å². The Morgan fingerprint density at radius 1 is 1.15 bits per heavy atom. The zero-order valence-electron chi connectivity index (χ0n) is 16.1. The molecule has 0 aromatic heterocycles. The van der Waals surface area contributed by atoms with Crippen molar-refractivity contribution in [3.8, 4) is 0 Å². The number of hydrogen-bond acceptors (Lipinski definition) is 3. The molecule has 1 aromatic rings. The van der Waals surface area contributed by atoms with Crippen LogP contribution in [0.25, 0.3) is 0 Å². The normalized spacial score (nSPS) is 32.2. The molecule has 4 atom stereocenters. The van der Waals surface area contributed by atoms with Gasteiger partial charge in [0, 0.05) is 58.2 Å². The van der Waals surface area contributed by atoms with E-state index in [4.69, 9.17) is 4.74 Å². The number of benzene rings is 1. The summed E-state index contributed by atoms with van der Waals surface area (Å²) in [6.45, 7) is 6.49. The van der Waals surface area contributed by atoms with Crippen LogP contribution in [-0.4, -0.2) is 67.7 Å². The van der Waals surface area contributed by atoms with Gasteiger partial charge in [0.1, 0.15) is 0 Å². The third-order valence-corrected chi connectivity index (χ3v) is 6.88. The minimum Gasteiger partial charge on any atom is -0.374 e. The average molecular weight is 482 g/mol. The van der Waals surface area contributed by atoms with Crippen molar-refractivity contribution in [3.05, 3.63) is 35.4 Å². The number of fused-ring (bicyclic) bond motifs is 6. The van der Waals surface area contributed by atoms with Gasteiger partial charge in [-0.2, -0.15) is 0 Å². The highest BCUT2D eigenvalue weighted by Crippen LogP contribution is 2.47. The minimum absolute atomic E-state index is 0. The molecule has 27 heavy (non-hydrogen) atoms. The van der Waals surface area contributed by atoms with Gasteiger partial charge in [0.15, 0.2) is 5.96 Å². The van der Waals surface area contributed by atoms with Crippen LogP contribution in [0, 0.1) is 11.8 Å². The Kier molecular flexibility index (Phi) is 5.94. The molecule has 0 spiro atoms. The lowest BCUT2D eigenvalue weighted by Gasteiger charge is -2.29. The van der Waals surface area contributed by atoms with Crippen LogP contribution in [0.15, 0.2) is 29.3 Å². The maximum absolute atomic E-state index is 6.10. The number of hydrogen-bond donors (Lipinski definition) is 1. The van der Waals surface area contributed by atoms with Gasteiger partial charge in [-0.1, -0.05) is 24.3 Å². The second-order valence-electron chi connectivity index (χ2n) is 8.29. The van der Waals surface area contributed by atoms with Crippen LogP contribution in [0.5, 0.6) is 0 Å². The largest absolute Gasteiger partial charge is 0.374 e. The fraction of sp³-hybridized carbons (Fsp3) is 0.667. The molecule has 3 saturated heterocycles. The molecule has 0 amide bonds. The molecular weight excluding hydrogens is 451 g/mol. The summed E-state index contributed by atoms with van der Waals surface area (Å²) in [7, 11) is 1.92. The Balaban J connectivity index is 0.00000180. The zero-order valence-corrected chi connectivity index (χ0v) is 18.5. The summed E-state index contributed by atoms with van der Waals surface area (Å²) in [5.74, 6) is 2.54. The van der Waals surface area contributed by atoms with E-state index in [9.17, 15) is 0 Å². The van der Waals surface area contributed by atoms with Gasteiger partial charge < -0.3 is 15.0 Å². The Labute approximate surface area is 179 Å². The highest BCUT2D eigenvalue weighted by molar-refractivity contribution is 14.0. The van der Waals surface area contributed by atoms with E-state index in [0.717, 1.165) is 57.1 Å². The van der Waals surface area contributed by atoms with Gasteiger partial charge in [-0.15, -0.1) is 24.0 Å². The summed E-state index contributed by atoms with van der Waals surface area (Å²) in [6.07, 6.45) is 4.73. The van der Waals surface area contributed by atoms with Gasteiger partial charge in [-0.3, -0.25) is 9.89 Å². The van der Waals surface area contributed by atoms with E-state index in [2.05, 4.69) is 44.4 Å². The topological polar surface area (TPSA) is 40.1 Å². The fourth-order valence-electron chi connectivity index (χ4n) is 5.54. The van der Waals surface area contributed by atoms with Crippen LogP contribution in [0.1, 0.15) is 24.0 Å². The molecular formula is C21H31IN4O. The van der Waals surface area contributed by atoms with Crippen molar-refractivity contribution in [2.45, 2.75) is 38.0 Å². The maximum Gasteiger partial charge on any atom is 0.193 e. The van der Waals surface area contributed by atoms with Crippen LogP contribution in [0.2, 0.25) is 0 Å². The van der Waals surface area contributed by atoms with Gasteiger partial charge >= 0.3 is 0 Å². The first-order valence-electron chi connectivity index (χ1n) is 10.2. The number of nitrogens with zero attached hydrogens (tertiary/aromatic N) is 3. The molecule has 4 aliphatic heterocycles. The van der Waals surface area contributed by atoms with Crippen LogP contribution < -0.4 is 5.32 Å². The molecule has 0 saturated carbocycles. The minimum atomic E-state index is 0. The first kappa shape index (κ1) is 19.5. The standard InChI is InChI=1S/C21H30N4O.HI/c1-22-21(25-13-17-18(14-25)20-7-6-19(17)26-20)23-9-11-24-10-8-15-4-2-3-5-16(15)12-24;/h2-5,17-20H,6-14H2,1H3,(H,22,23);1H. The number of halogens is 1. The first-order chi connectivity index (χ1) is 12.8. The zero-order chi connectivity index (χ0) is 17.5. The van der Waals surface area contributed by atoms with Crippen molar-refractivity contribution >= 4 is 29.9 Å². The Hall–Kier alpha value is -0.860. The monoisotopic (exact) mass is 482 g/mol. The highest BCUT2D eigenvalue weighted by Gasteiger charge is 2.53. The van der Waals surface area contributed by atoms with Crippen LogP contribution >= 0.6 is 24.0 Å². The molecule has 148 valence electrons. The predicted octanol–water partition coefficient (Wildman–Crippen LogP) is 2.35. The molecule has 4 unspecified atom stereocenters. The lowest BCUT2D eigenvalue weighted by atomic mass is 9.82. The lowest BCUT2D eigenvalue weighted by Crippen LogP contribution is -2.44. The summed E-state index contributed by atoms with van der Waals surface area (Å²) < 4.78 is 6.10. The molecule has 3 fully saturated rings. The van der Waals surface area contributed by atoms with Crippen LogP contribution in [0.3, 0.4) is 0 Å².